The standard InChI is InChI=1S/C12H21NO4/c1-12(2,3)17-11(15)13-9-7-8(9)5-6-10(14)16-4/h8-9H,5-7H2,1-4H3,(H,13,15). The number of hydrogen-bond acceptors (Lipinski definition) is 4. The van der Waals surface area contributed by atoms with E-state index < -0.39 is 5.60 Å². The van der Waals surface area contributed by atoms with Crippen LogP contribution in [0.4, 0.5) is 4.79 Å². The average Bonchev–Trinajstić information content (AvgIpc) is 2.89. The highest BCUT2D eigenvalue weighted by atomic mass is 16.6. The summed E-state index contributed by atoms with van der Waals surface area (Å²) in [5.74, 6) is 0.175. The van der Waals surface area contributed by atoms with Crippen LogP contribution in [0, 0.1) is 5.92 Å². The summed E-state index contributed by atoms with van der Waals surface area (Å²) in [6, 6.07) is 0.148. The Morgan fingerprint density at radius 3 is 2.53 bits per heavy atom. The molecule has 1 fully saturated rings. The molecule has 0 aromatic heterocycles. The van der Waals surface area contributed by atoms with Gasteiger partial charge < -0.3 is 14.8 Å². The fraction of sp³-hybridized carbons (Fsp3) is 0.833. The quantitative estimate of drug-likeness (QED) is 0.765. The minimum Gasteiger partial charge on any atom is -0.469 e. The average molecular weight is 243 g/mol. The minimum atomic E-state index is -0.472. The predicted molar refractivity (Wildman–Crippen MR) is 62.5 cm³/mol. The molecule has 0 aliphatic heterocycles. The van der Waals surface area contributed by atoms with Crippen molar-refractivity contribution in [1.29, 1.82) is 0 Å². The maximum absolute atomic E-state index is 11.4. The molecule has 0 aromatic rings. The zero-order valence-electron chi connectivity index (χ0n) is 10.9. The number of carbonyl (C=O) groups excluding carboxylic acids is 2. The van der Waals surface area contributed by atoms with Gasteiger partial charge in [0.15, 0.2) is 0 Å². The lowest BCUT2D eigenvalue weighted by Crippen LogP contribution is -2.34. The lowest BCUT2D eigenvalue weighted by molar-refractivity contribution is -0.140. The first kappa shape index (κ1) is 13.8. The van der Waals surface area contributed by atoms with Crippen LogP contribution in [0.1, 0.15) is 40.0 Å². The number of carbonyl (C=O) groups is 2. The molecule has 0 spiro atoms. The lowest BCUT2D eigenvalue weighted by atomic mass is 10.2. The van der Waals surface area contributed by atoms with Crippen LogP contribution in [0.15, 0.2) is 0 Å². The van der Waals surface area contributed by atoms with Gasteiger partial charge in [-0.15, -0.1) is 0 Å². The highest BCUT2D eigenvalue weighted by Crippen LogP contribution is 2.34. The molecule has 0 bridgehead atoms. The summed E-state index contributed by atoms with van der Waals surface area (Å²) >= 11 is 0. The number of nitrogens with one attached hydrogen (secondary N) is 1. The van der Waals surface area contributed by atoms with Gasteiger partial charge in [-0.3, -0.25) is 4.79 Å². The van der Waals surface area contributed by atoms with Crippen molar-refractivity contribution >= 4 is 12.1 Å². The Kier molecular flexibility index (Phi) is 4.37. The molecule has 2 unspecified atom stereocenters. The number of rotatable bonds is 4. The maximum Gasteiger partial charge on any atom is 0.407 e. The first-order valence-corrected chi connectivity index (χ1v) is 5.88. The van der Waals surface area contributed by atoms with Crippen LogP contribution in [-0.4, -0.2) is 30.8 Å². The summed E-state index contributed by atoms with van der Waals surface area (Å²) in [5, 5.41) is 2.79. The number of esters is 1. The zero-order chi connectivity index (χ0) is 13.1. The Morgan fingerprint density at radius 1 is 1.35 bits per heavy atom. The monoisotopic (exact) mass is 243 g/mol. The second kappa shape index (κ2) is 5.38. The lowest BCUT2D eigenvalue weighted by Gasteiger charge is -2.19. The maximum atomic E-state index is 11.4. The molecule has 2 atom stereocenters. The van der Waals surface area contributed by atoms with E-state index in [0.717, 1.165) is 12.8 Å². The van der Waals surface area contributed by atoms with Gasteiger partial charge >= 0.3 is 12.1 Å². The Labute approximate surface area is 102 Å². The van der Waals surface area contributed by atoms with Crippen molar-refractivity contribution in [3.05, 3.63) is 0 Å². The highest BCUT2D eigenvalue weighted by molar-refractivity contribution is 5.70. The summed E-state index contributed by atoms with van der Waals surface area (Å²) in [4.78, 5) is 22.4. The third-order valence-electron chi connectivity index (χ3n) is 2.57. The predicted octanol–water partition coefficient (Wildman–Crippen LogP) is 1.85. The fourth-order valence-electron chi connectivity index (χ4n) is 1.61. The molecule has 5 nitrogen and oxygen atoms in total. The van der Waals surface area contributed by atoms with Gasteiger partial charge in [0, 0.05) is 12.5 Å². The largest absolute Gasteiger partial charge is 0.469 e. The third-order valence-corrected chi connectivity index (χ3v) is 2.57. The van der Waals surface area contributed by atoms with Crippen LogP contribution >= 0.6 is 0 Å². The first-order chi connectivity index (χ1) is 7.81. The van der Waals surface area contributed by atoms with Gasteiger partial charge in [0.1, 0.15) is 5.60 Å². The molecule has 0 saturated heterocycles. The molecule has 1 aliphatic carbocycles. The molecule has 1 N–H and O–H groups in total. The number of hydrogen-bond donors (Lipinski definition) is 1. The van der Waals surface area contributed by atoms with Gasteiger partial charge in [-0.2, -0.15) is 0 Å². The number of methoxy groups -OCH3 is 1. The van der Waals surface area contributed by atoms with Crippen LogP contribution in [0.25, 0.3) is 0 Å². The Balaban J connectivity index is 2.16. The van der Waals surface area contributed by atoms with Gasteiger partial charge in [0.05, 0.1) is 7.11 Å². The van der Waals surface area contributed by atoms with Crippen molar-refractivity contribution < 1.29 is 19.1 Å². The van der Waals surface area contributed by atoms with E-state index in [4.69, 9.17) is 4.74 Å². The van der Waals surface area contributed by atoms with Crippen LogP contribution in [-0.2, 0) is 14.3 Å². The van der Waals surface area contributed by atoms with Gasteiger partial charge in [-0.05, 0) is 39.5 Å². The van der Waals surface area contributed by atoms with Gasteiger partial charge in [-0.1, -0.05) is 0 Å². The number of ether oxygens (including phenoxy) is 2. The van der Waals surface area contributed by atoms with E-state index in [0.29, 0.717) is 12.3 Å². The second-order valence-corrected chi connectivity index (χ2v) is 5.36. The third kappa shape index (κ3) is 5.56. The topological polar surface area (TPSA) is 64.6 Å². The van der Waals surface area contributed by atoms with E-state index in [-0.39, 0.29) is 18.1 Å². The Morgan fingerprint density at radius 2 is 2.00 bits per heavy atom. The molecule has 5 heteroatoms. The first-order valence-electron chi connectivity index (χ1n) is 5.88. The Bertz CT molecular complexity index is 295. The SMILES string of the molecule is COC(=O)CCC1CC1NC(=O)OC(C)(C)C. The Hall–Kier alpha value is -1.26. The van der Waals surface area contributed by atoms with E-state index in [1.54, 1.807) is 0 Å². The second-order valence-electron chi connectivity index (χ2n) is 5.36. The van der Waals surface area contributed by atoms with Crippen molar-refractivity contribution in [2.24, 2.45) is 5.92 Å². The summed E-state index contributed by atoms with van der Waals surface area (Å²) < 4.78 is 9.70. The molecule has 17 heavy (non-hydrogen) atoms. The van der Waals surface area contributed by atoms with Crippen molar-refractivity contribution in [3.8, 4) is 0 Å². The van der Waals surface area contributed by atoms with E-state index in [9.17, 15) is 9.59 Å². The normalized spacial score (nSPS) is 22.8. The van der Waals surface area contributed by atoms with Crippen LogP contribution in [0.3, 0.4) is 0 Å². The van der Waals surface area contributed by atoms with Gasteiger partial charge in [0.25, 0.3) is 0 Å². The van der Waals surface area contributed by atoms with Crippen molar-refractivity contribution in [2.45, 2.75) is 51.7 Å². The fourth-order valence-corrected chi connectivity index (χ4v) is 1.61. The van der Waals surface area contributed by atoms with Crippen LogP contribution in [0.2, 0.25) is 0 Å². The zero-order valence-corrected chi connectivity index (χ0v) is 10.9. The smallest absolute Gasteiger partial charge is 0.407 e. The molecule has 0 aromatic carbocycles. The summed E-state index contributed by atoms with van der Waals surface area (Å²) in [6.45, 7) is 5.48. The van der Waals surface area contributed by atoms with Gasteiger partial charge in [0.2, 0.25) is 0 Å². The van der Waals surface area contributed by atoms with E-state index in [2.05, 4.69) is 10.1 Å². The van der Waals surface area contributed by atoms with Crippen LogP contribution < -0.4 is 5.32 Å². The van der Waals surface area contributed by atoms with Gasteiger partial charge in [-0.25, -0.2) is 4.79 Å². The summed E-state index contributed by atoms with van der Waals surface area (Å²) in [5.41, 5.74) is -0.472. The molecular weight excluding hydrogens is 222 g/mol. The molecule has 1 amide bonds. The number of amides is 1. The molecule has 0 radical (unpaired) electrons. The van der Waals surface area contributed by atoms with Crippen LogP contribution in [0.5, 0.6) is 0 Å². The minimum absolute atomic E-state index is 0.148. The summed E-state index contributed by atoms with van der Waals surface area (Å²) in [7, 11) is 1.38. The van der Waals surface area contributed by atoms with E-state index in [1.165, 1.54) is 7.11 Å². The molecule has 0 heterocycles. The van der Waals surface area contributed by atoms with Crippen molar-refractivity contribution in [2.75, 3.05) is 7.11 Å². The molecule has 1 aliphatic rings. The van der Waals surface area contributed by atoms with E-state index in [1.807, 2.05) is 20.8 Å². The van der Waals surface area contributed by atoms with Crippen molar-refractivity contribution in [3.63, 3.8) is 0 Å². The molecule has 1 rings (SSSR count). The highest BCUT2D eigenvalue weighted by Gasteiger charge is 2.39. The molecular formula is C12H21NO4. The molecule has 1 saturated carbocycles. The molecule has 98 valence electrons. The van der Waals surface area contributed by atoms with Crippen molar-refractivity contribution in [1.82, 2.24) is 5.32 Å². The number of alkyl carbamates (subject to hydrolysis) is 1. The summed E-state index contributed by atoms with van der Waals surface area (Å²) in [6.07, 6.45) is 1.69. The van der Waals surface area contributed by atoms with E-state index >= 15 is 0 Å².